The number of aryl methyl sites for hydroxylation is 1. The van der Waals surface area contributed by atoms with Gasteiger partial charge in [-0.1, -0.05) is 34.4 Å². The zero-order chi connectivity index (χ0) is 16.3. The number of hydrogen-bond acceptors (Lipinski definition) is 4. The van der Waals surface area contributed by atoms with Crippen LogP contribution in [0.1, 0.15) is 16.1 Å². The molecule has 0 unspecified atom stereocenters. The lowest BCUT2D eigenvalue weighted by Crippen LogP contribution is -2.33. The standard InChI is InChI=1S/C15H17Cl2N3O2.ClH/c1-9-12(15(21)20(3)8-7-18-2)14(19-22-9)13-10(16)5-4-6-11(13)17;/h4-6,18H,7-8H2,1-3H3;1H. The molecule has 2 aromatic rings. The first kappa shape index (κ1) is 19.8. The third-order valence-corrected chi connectivity index (χ3v) is 3.95. The van der Waals surface area contributed by atoms with Gasteiger partial charge in [0.15, 0.2) is 0 Å². The van der Waals surface area contributed by atoms with Gasteiger partial charge in [0.2, 0.25) is 0 Å². The topological polar surface area (TPSA) is 58.4 Å². The molecule has 1 aromatic carbocycles. The smallest absolute Gasteiger partial charge is 0.259 e. The minimum Gasteiger partial charge on any atom is -0.360 e. The monoisotopic (exact) mass is 377 g/mol. The predicted molar refractivity (Wildman–Crippen MR) is 94.8 cm³/mol. The predicted octanol–water partition coefficient (Wildman–Crippen LogP) is 3.67. The van der Waals surface area contributed by atoms with Crippen molar-refractivity contribution in [2.45, 2.75) is 6.92 Å². The molecule has 1 amide bonds. The Kier molecular flexibility index (Phi) is 7.35. The van der Waals surface area contributed by atoms with Crippen LogP contribution in [0, 0.1) is 6.92 Å². The Morgan fingerprint density at radius 3 is 2.52 bits per heavy atom. The summed E-state index contributed by atoms with van der Waals surface area (Å²) < 4.78 is 5.21. The summed E-state index contributed by atoms with van der Waals surface area (Å²) in [6.07, 6.45) is 0. The molecule has 0 bridgehead atoms. The van der Waals surface area contributed by atoms with Gasteiger partial charge in [-0.25, -0.2) is 0 Å². The number of hydrogen-bond donors (Lipinski definition) is 1. The number of carbonyl (C=O) groups excluding carboxylic acids is 1. The molecule has 0 spiro atoms. The van der Waals surface area contributed by atoms with Gasteiger partial charge in [0, 0.05) is 25.7 Å². The Hall–Kier alpha value is -1.27. The van der Waals surface area contributed by atoms with Gasteiger partial charge in [-0.3, -0.25) is 4.79 Å². The fourth-order valence-corrected chi connectivity index (χ4v) is 2.67. The quantitative estimate of drug-likeness (QED) is 0.862. The Morgan fingerprint density at radius 2 is 1.96 bits per heavy atom. The van der Waals surface area contributed by atoms with Gasteiger partial charge in [-0.05, 0) is 26.1 Å². The number of nitrogens with zero attached hydrogens (tertiary/aromatic N) is 2. The highest BCUT2D eigenvalue weighted by atomic mass is 35.5. The van der Waals surface area contributed by atoms with E-state index in [1.807, 2.05) is 7.05 Å². The van der Waals surface area contributed by atoms with E-state index in [-0.39, 0.29) is 18.3 Å². The number of aromatic nitrogens is 1. The molecule has 8 heteroatoms. The van der Waals surface area contributed by atoms with Crippen LogP contribution in [-0.4, -0.2) is 43.1 Å². The van der Waals surface area contributed by atoms with Gasteiger partial charge in [0.1, 0.15) is 17.0 Å². The normalized spacial score (nSPS) is 10.3. The molecule has 0 fully saturated rings. The number of rotatable bonds is 5. The lowest BCUT2D eigenvalue weighted by molar-refractivity contribution is 0.0796. The van der Waals surface area contributed by atoms with E-state index in [9.17, 15) is 4.79 Å². The van der Waals surface area contributed by atoms with Gasteiger partial charge >= 0.3 is 0 Å². The zero-order valence-electron chi connectivity index (χ0n) is 13.0. The van der Waals surface area contributed by atoms with Crippen LogP contribution >= 0.6 is 35.6 Å². The molecule has 5 nitrogen and oxygen atoms in total. The van der Waals surface area contributed by atoms with Crippen molar-refractivity contribution in [3.63, 3.8) is 0 Å². The molecule has 0 aliphatic rings. The van der Waals surface area contributed by atoms with Gasteiger partial charge in [-0.15, -0.1) is 12.4 Å². The first-order valence-electron chi connectivity index (χ1n) is 6.78. The Balaban J connectivity index is 0.00000264. The molecule has 0 aliphatic heterocycles. The highest BCUT2D eigenvalue weighted by Gasteiger charge is 2.26. The van der Waals surface area contributed by atoms with Crippen molar-refractivity contribution in [3.8, 4) is 11.3 Å². The summed E-state index contributed by atoms with van der Waals surface area (Å²) in [6.45, 7) is 2.95. The third-order valence-electron chi connectivity index (χ3n) is 3.32. The van der Waals surface area contributed by atoms with E-state index >= 15 is 0 Å². The van der Waals surface area contributed by atoms with Crippen molar-refractivity contribution >= 4 is 41.5 Å². The van der Waals surface area contributed by atoms with Gasteiger partial charge in [0.25, 0.3) is 5.91 Å². The maximum atomic E-state index is 12.7. The SMILES string of the molecule is CNCCN(C)C(=O)c1c(-c2c(Cl)cccc2Cl)noc1C.Cl. The summed E-state index contributed by atoms with van der Waals surface area (Å²) in [4.78, 5) is 14.3. The maximum absolute atomic E-state index is 12.7. The lowest BCUT2D eigenvalue weighted by atomic mass is 10.0. The van der Waals surface area contributed by atoms with E-state index in [1.165, 1.54) is 0 Å². The molecule has 1 heterocycles. The van der Waals surface area contributed by atoms with Crippen molar-refractivity contribution in [1.29, 1.82) is 0 Å². The summed E-state index contributed by atoms with van der Waals surface area (Å²) in [6, 6.07) is 5.14. The first-order chi connectivity index (χ1) is 10.5. The van der Waals surface area contributed by atoms with Crippen LogP contribution in [0.25, 0.3) is 11.3 Å². The molecule has 126 valence electrons. The van der Waals surface area contributed by atoms with Crippen LogP contribution < -0.4 is 5.32 Å². The molecule has 2 rings (SSSR count). The second-order valence-corrected chi connectivity index (χ2v) is 5.70. The van der Waals surface area contributed by atoms with Crippen molar-refractivity contribution in [3.05, 3.63) is 39.6 Å². The van der Waals surface area contributed by atoms with Gasteiger partial charge < -0.3 is 14.7 Å². The Bertz CT molecular complexity index is 668. The molecule has 0 saturated heterocycles. The van der Waals surface area contributed by atoms with Crippen molar-refractivity contribution < 1.29 is 9.32 Å². The van der Waals surface area contributed by atoms with Crippen LogP contribution in [0.2, 0.25) is 10.0 Å². The minimum absolute atomic E-state index is 0. The summed E-state index contributed by atoms with van der Waals surface area (Å²) in [5.41, 5.74) is 1.26. The zero-order valence-corrected chi connectivity index (χ0v) is 15.3. The summed E-state index contributed by atoms with van der Waals surface area (Å²) in [7, 11) is 3.56. The number of nitrogens with one attached hydrogen (secondary N) is 1. The number of likely N-dealkylation sites (N-methyl/N-ethyl adjacent to an activating group) is 2. The number of benzene rings is 1. The van der Waals surface area contributed by atoms with Crippen LogP contribution in [0.4, 0.5) is 0 Å². The first-order valence-corrected chi connectivity index (χ1v) is 7.53. The van der Waals surface area contributed by atoms with Crippen molar-refractivity contribution in [2.24, 2.45) is 0 Å². The molecule has 0 atom stereocenters. The summed E-state index contributed by atoms with van der Waals surface area (Å²) in [5.74, 6) is 0.257. The van der Waals surface area contributed by atoms with Gasteiger partial charge in [-0.2, -0.15) is 0 Å². The summed E-state index contributed by atoms with van der Waals surface area (Å²) in [5, 5.41) is 7.83. The summed E-state index contributed by atoms with van der Waals surface area (Å²) >= 11 is 12.4. The molecule has 1 N–H and O–H groups in total. The molecule has 23 heavy (non-hydrogen) atoms. The van der Waals surface area contributed by atoms with E-state index < -0.39 is 0 Å². The van der Waals surface area contributed by atoms with Gasteiger partial charge in [0.05, 0.1) is 10.0 Å². The van der Waals surface area contributed by atoms with E-state index in [2.05, 4.69) is 10.5 Å². The highest BCUT2D eigenvalue weighted by Crippen LogP contribution is 2.37. The maximum Gasteiger partial charge on any atom is 0.259 e. The van der Waals surface area contributed by atoms with Crippen LogP contribution in [0.3, 0.4) is 0 Å². The average Bonchev–Trinajstić information content (AvgIpc) is 2.85. The van der Waals surface area contributed by atoms with E-state index in [0.717, 1.165) is 0 Å². The van der Waals surface area contributed by atoms with E-state index in [1.54, 1.807) is 37.1 Å². The van der Waals surface area contributed by atoms with Crippen LogP contribution in [-0.2, 0) is 0 Å². The third kappa shape index (κ3) is 4.18. The fourth-order valence-electron chi connectivity index (χ4n) is 2.09. The van der Waals surface area contributed by atoms with E-state index in [0.29, 0.717) is 45.7 Å². The highest BCUT2D eigenvalue weighted by molar-refractivity contribution is 6.39. The Morgan fingerprint density at radius 1 is 1.35 bits per heavy atom. The second-order valence-electron chi connectivity index (χ2n) is 4.89. The largest absolute Gasteiger partial charge is 0.360 e. The van der Waals surface area contributed by atoms with Crippen molar-refractivity contribution in [2.75, 3.05) is 27.2 Å². The minimum atomic E-state index is -0.181. The van der Waals surface area contributed by atoms with E-state index in [4.69, 9.17) is 27.7 Å². The fraction of sp³-hybridized carbons (Fsp3) is 0.333. The second kappa shape index (κ2) is 8.55. The molecular formula is C15H18Cl3N3O2. The molecule has 0 aliphatic carbocycles. The molecular weight excluding hydrogens is 361 g/mol. The van der Waals surface area contributed by atoms with Crippen LogP contribution in [0.5, 0.6) is 0 Å². The molecule has 0 saturated carbocycles. The number of carbonyl (C=O) groups is 1. The average molecular weight is 379 g/mol. The molecule has 0 radical (unpaired) electrons. The Labute approximate surface area is 151 Å². The molecule has 1 aromatic heterocycles. The van der Waals surface area contributed by atoms with Crippen LogP contribution in [0.15, 0.2) is 22.7 Å². The lowest BCUT2D eigenvalue weighted by Gasteiger charge is -2.17. The number of halogens is 3. The van der Waals surface area contributed by atoms with Crippen molar-refractivity contribution in [1.82, 2.24) is 15.4 Å². The number of amides is 1.